The average molecular weight is 280 g/mol. The molecule has 0 radical (unpaired) electrons. The van der Waals surface area contributed by atoms with Crippen molar-refractivity contribution in [2.75, 3.05) is 20.3 Å². The second kappa shape index (κ2) is 6.27. The van der Waals surface area contributed by atoms with E-state index in [0.717, 1.165) is 16.6 Å². The van der Waals surface area contributed by atoms with Crippen LogP contribution in [0.4, 0.5) is 0 Å². The van der Waals surface area contributed by atoms with Crippen molar-refractivity contribution >= 4 is 27.5 Å². The van der Waals surface area contributed by atoms with Gasteiger partial charge >= 0.3 is 0 Å². The third-order valence-electron chi connectivity index (χ3n) is 1.64. The van der Waals surface area contributed by atoms with Gasteiger partial charge < -0.3 is 9.47 Å². The molecule has 0 aliphatic rings. The SMILES string of the molecule is COCCCOc1ccc(Cl)cc1Br. The van der Waals surface area contributed by atoms with Crippen molar-refractivity contribution in [3.05, 3.63) is 27.7 Å². The number of ether oxygens (including phenoxy) is 2. The summed E-state index contributed by atoms with van der Waals surface area (Å²) in [6, 6.07) is 5.46. The van der Waals surface area contributed by atoms with Crippen LogP contribution in [0.5, 0.6) is 5.75 Å². The van der Waals surface area contributed by atoms with Crippen LogP contribution in [0.25, 0.3) is 0 Å². The molecule has 0 aliphatic carbocycles. The number of halogens is 2. The Balaban J connectivity index is 2.42. The summed E-state index contributed by atoms with van der Waals surface area (Å²) in [6.07, 6.45) is 0.881. The molecule has 0 atom stereocenters. The van der Waals surface area contributed by atoms with Gasteiger partial charge in [0.1, 0.15) is 5.75 Å². The van der Waals surface area contributed by atoms with Gasteiger partial charge in [-0.1, -0.05) is 11.6 Å². The van der Waals surface area contributed by atoms with Crippen LogP contribution in [0.15, 0.2) is 22.7 Å². The van der Waals surface area contributed by atoms with Gasteiger partial charge in [0.2, 0.25) is 0 Å². The molecular formula is C10H12BrClO2. The highest BCUT2D eigenvalue weighted by molar-refractivity contribution is 9.10. The fraction of sp³-hybridized carbons (Fsp3) is 0.400. The van der Waals surface area contributed by atoms with E-state index in [1.807, 2.05) is 12.1 Å². The van der Waals surface area contributed by atoms with Gasteiger partial charge in [0.05, 0.1) is 11.1 Å². The van der Waals surface area contributed by atoms with Gasteiger partial charge in [-0.15, -0.1) is 0 Å². The zero-order valence-electron chi connectivity index (χ0n) is 7.93. The lowest BCUT2D eigenvalue weighted by atomic mass is 10.3. The summed E-state index contributed by atoms with van der Waals surface area (Å²) in [5.41, 5.74) is 0. The fourth-order valence-corrected chi connectivity index (χ4v) is 1.77. The van der Waals surface area contributed by atoms with Crippen LogP contribution in [-0.2, 0) is 4.74 Å². The Labute approximate surface area is 97.3 Å². The van der Waals surface area contributed by atoms with Crippen LogP contribution in [0.2, 0.25) is 5.02 Å². The number of hydrogen-bond acceptors (Lipinski definition) is 2. The van der Waals surface area contributed by atoms with Crippen molar-refractivity contribution in [1.29, 1.82) is 0 Å². The van der Waals surface area contributed by atoms with E-state index in [1.165, 1.54) is 0 Å². The van der Waals surface area contributed by atoms with E-state index >= 15 is 0 Å². The lowest BCUT2D eigenvalue weighted by Gasteiger charge is -2.07. The first-order valence-corrected chi connectivity index (χ1v) is 5.48. The Hall–Kier alpha value is -0.250. The van der Waals surface area contributed by atoms with Crippen molar-refractivity contribution in [3.8, 4) is 5.75 Å². The van der Waals surface area contributed by atoms with Gasteiger partial charge in [-0.3, -0.25) is 0 Å². The molecule has 78 valence electrons. The molecule has 0 spiro atoms. The van der Waals surface area contributed by atoms with Crippen LogP contribution in [-0.4, -0.2) is 20.3 Å². The highest BCUT2D eigenvalue weighted by Crippen LogP contribution is 2.27. The predicted molar refractivity (Wildman–Crippen MR) is 61.1 cm³/mol. The lowest BCUT2D eigenvalue weighted by molar-refractivity contribution is 0.172. The maximum Gasteiger partial charge on any atom is 0.133 e. The first-order valence-electron chi connectivity index (χ1n) is 4.31. The summed E-state index contributed by atoms with van der Waals surface area (Å²) < 4.78 is 11.3. The summed E-state index contributed by atoms with van der Waals surface area (Å²) in [5.74, 6) is 0.811. The number of hydrogen-bond donors (Lipinski definition) is 0. The van der Waals surface area contributed by atoms with Crippen LogP contribution in [0, 0.1) is 0 Å². The molecule has 0 amide bonds. The molecule has 0 saturated carbocycles. The molecule has 0 fully saturated rings. The molecule has 14 heavy (non-hydrogen) atoms. The lowest BCUT2D eigenvalue weighted by Crippen LogP contribution is -2.01. The van der Waals surface area contributed by atoms with E-state index in [-0.39, 0.29) is 0 Å². The molecule has 0 N–H and O–H groups in total. The second-order valence-corrected chi connectivity index (χ2v) is 4.06. The molecule has 4 heteroatoms. The van der Waals surface area contributed by atoms with Crippen molar-refractivity contribution in [2.24, 2.45) is 0 Å². The zero-order chi connectivity index (χ0) is 10.4. The van der Waals surface area contributed by atoms with Crippen LogP contribution in [0.3, 0.4) is 0 Å². The van der Waals surface area contributed by atoms with Gasteiger partial charge in [-0.2, -0.15) is 0 Å². The standard InChI is InChI=1S/C10H12BrClO2/c1-13-5-2-6-14-10-4-3-8(12)7-9(10)11/h3-4,7H,2,5-6H2,1H3. The highest BCUT2D eigenvalue weighted by atomic mass is 79.9. The molecule has 0 aliphatic heterocycles. The van der Waals surface area contributed by atoms with Gasteiger partial charge in [0.25, 0.3) is 0 Å². The third-order valence-corrected chi connectivity index (χ3v) is 2.50. The summed E-state index contributed by atoms with van der Waals surface area (Å²) in [4.78, 5) is 0. The van der Waals surface area contributed by atoms with Crippen LogP contribution >= 0.6 is 27.5 Å². The van der Waals surface area contributed by atoms with E-state index in [4.69, 9.17) is 21.1 Å². The molecular weight excluding hydrogens is 267 g/mol. The Morgan fingerprint density at radius 2 is 2.14 bits per heavy atom. The largest absolute Gasteiger partial charge is 0.492 e. The molecule has 1 aromatic rings. The molecule has 0 unspecified atom stereocenters. The Bertz CT molecular complexity index is 291. The first kappa shape index (κ1) is 11.8. The minimum absolute atomic E-state index is 0.647. The number of methoxy groups -OCH3 is 1. The van der Waals surface area contributed by atoms with Crippen molar-refractivity contribution in [2.45, 2.75) is 6.42 Å². The Kier molecular flexibility index (Phi) is 5.30. The van der Waals surface area contributed by atoms with E-state index in [9.17, 15) is 0 Å². The molecule has 0 heterocycles. The van der Waals surface area contributed by atoms with E-state index < -0.39 is 0 Å². The van der Waals surface area contributed by atoms with Crippen LogP contribution in [0.1, 0.15) is 6.42 Å². The van der Waals surface area contributed by atoms with Gasteiger partial charge in [0, 0.05) is 25.2 Å². The Morgan fingerprint density at radius 1 is 1.36 bits per heavy atom. The quantitative estimate of drug-likeness (QED) is 0.768. The van der Waals surface area contributed by atoms with Crippen LogP contribution < -0.4 is 4.74 Å². The summed E-state index contributed by atoms with van der Waals surface area (Å²) in [7, 11) is 1.68. The van der Waals surface area contributed by atoms with Gasteiger partial charge in [0.15, 0.2) is 0 Å². The Morgan fingerprint density at radius 3 is 2.79 bits per heavy atom. The minimum Gasteiger partial charge on any atom is -0.492 e. The zero-order valence-corrected chi connectivity index (χ0v) is 10.3. The highest BCUT2D eigenvalue weighted by Gasteiger charge is 2.00. The molecule has 0 bridgehead atoms. The predicted octanol–water partition coefficient (Wildman–Crippen LogP) is 3.52. The monoisotopic (exact) mass is 278 g/mol. The normalized spacial score (nSPS) is 10.2. The molecule has 0 aromatic heterocycles. The summed E-state index contributed by atoms with van der Waals surface area (Å²) in [6.45, 7) is 1.36. The smallest absolute Gasteiger partial charge is 0.133 e. The average Bonchev–Trinajstić information content (AvgIpc) is 2.15. The molecule has 1 rings (SSSR count). The van der Waals surface area contributed by atoms with Crippen molar-refractivity contribution in [3.63, 3.8) is 0 Å². The van der Waals surface area contributed by atoms with Gasteiger partial charge in [-0.25, -0.2) is 0 Å². The fourth-order valence-electron chi connectivity index (χ4n) is 0.978. The maximum atomic E-state index is 5.80. The molecule has 1 aromatic carbocycles. The van der Waals surface area contributed by atoms with Crippen molar-refractivity contribution in [1.82, 2.24) is 0 Å². The van der Waals surface area contributed by atoms with E-state index in [0.29, 0.717) is 18.2 Å². The van der Waals surface area contributed by atoms with E-state index in [2.05, 4.69) is 15.9 Å². The topological polar surface area (TPSA) is 18.5 Å². The van der Waals surface area contributed by atoms with Crippen molar-refractivity contribution < 1.29 is 9.47 Å². The maximum absolute atomic E-state index is 5.80. The minimum atomic E-state index is 0.647. The third kappa shape index (κ3) is 3.86. The van der Waals surface area contributed by atoms with E-state index in [1.54, 1.807) is 13.2 Å². The van der Waals surface area contributed by atoms with Gasteiger partial charge in [-0.05, 0) is 34.1 Å². The summed E-state index contributed by atoms with van der Waals surface area (Å²) in [5, 5.41) is 0.695. The molecule has 0 saturated heterocycles. The number of rotatable bonds is 5. The second-order valence-electron chi connectivity index (χ2n) is 2.77. The molecule has 2 nitrogen and oxygen atoms in total. The first-order chi connectivity index (χ1) is 6.74. The summed E-state index contributed by atoms with van der Waals surface area (Å²) >= 11 is 9.17. The number of benzene rings is 1.